The molecule has 0 aliphatic rings. The van der Waals surface area contributed by atoms with Gasteiger partial charge in [0.2, 0.25) is 5.91 Å². The van der Waals surface area contributed by atoms with Crippen LogP contribution >= 0.6 is 27.3 Å². The van der Waals surface area contributed by atoms with Gasteiger partial charge in [-0.15, -0.1) is 11.3 Å². The number of aryl methyl sites for hydroxylation is 1. The number of hydrogen-bond donors (Lipinski definition) is 2. The molecule has 27 heavy (non-hydrogen) atoms. The molecule has 2 N–H and O–H groups in total. The fourth-order valence-corrected chi connectivity index (χ4v) is 3.72. The van der Waals surface area contributed by atoms with Gasteiger partial charge in [-0.3, -0.25) is 9.59 Å². The summed E-state index contributed by atoms with van der Waals surface area (Å²) >= 11 is 4.84. The first-order chi connectivity index (χ1) is 13.0. The van der Waals surface area contributed by atoms with Crippen LogP contribution in [0, 0.1) is 6.92 Å². The average molecular weight is 443 g/mol. The summed E-state index contributed by atoms with van der Waals surface area (Å²) in [4.78, 5) is 26.3. The van der Waals surface area contributed by atoms with Gasteiger partial charge in [-0.05, 0) is 42.3 Å². The Hall–Kier alpha value is -2.44. The van der Waals surface area contributed by atoms with Crippen LogP contribution in [-0.2, 0) is 4.79 Å². The summed E-state index contributed by atoms with van der Waals surface area (Å²) in [5, 5.41) is 5.70. The molecule has 0 bridgehead atoms. The lowest BCUT2D eigenvalue weighted by atomic mass is 9.99. The molecule has 0 aliphatic carbocycles. The minimum absolute atomic E-state index is 0.0738. The van der Waals surface area contributed by atoms with Crippen molar-refractivity contribution in [1.29, 1.82) is 0 Å². The van der Waals surface area contributed by atoms with Gasteiger partial charge in [0.25, 0.3) is 5.91 Å². The molecule has 2 aromatic carbocycles. The van der Waals surface area contributed by atoms with E-state index in [1.807, 2.05) is 67.6 Å². The van der Waals surface area contributed by atoms with E-state index >= 15 is 0 Å². The van der Waals surface area contributed by atoms with E-state index in [2.05, 4.69) is 26.6 Å². The van der Waals surface area contributed by atoms with E-state index in [4.69, 9.17) is 0 Å². The van der Waals surface area contributed by atoms with Crippen LogP contribution in [0.2, 0.25) is 0 Å². The SMILES string of the molecule is Cc1ccc(C(=O)NCC(=O)NC(c2ccccc2)c2ccc(Br)cc2)s1. The highest BCUT2D eigenvalue weighted by Crippen LogP contribution is 2.23. The molecule has 0 spiro atoms. The molecule has 0 fully saturated rings. The highest BCUT2D eigenvalue weighted by molar-refractivity contribution is 9.10. The summed E-state index contributed by atoms with van der Waals surface area (Å²) in [7, 11) is 0. The molecule has 0 saturated heterocycles. The van der Waals surface area contributed by atoms with E-state index in [1.165, 1.54) is 11.3 Å². The molecule has 0 saturated carbocycles. The molecule has 4 nitrogen and oxygen atoms in total. The number of nitrogens with one attached hydrogen (secondary N) is 2. The second-order valence-electron chi connectivity index (χ2n) is 6.06. The Morgan fingerprint density at radius 3 is 2.26 bits per heavy atom. The fourth-order valence-electron chi connectivity index (χ4n) is 2.68. The van der Waals surface area contributed by atoms with Gasteiger partial charge in [-0.25, -0.2) is 0 Å². The Morgan fingerprint density at radius 1 is 0.963 bits per heavy atom. The van der Waals surface area contributed by atoms with Crippen molar-refractivity contribution in [3.05, 3.63) is 92.1 Å². The molecule has 138 valence electrons. The molecule has 1 atom stereocenters. The van der Waals surface area contributed by atoms with Gasteiger partial charge in [-0.1, -0.05) is 58.4 Å². The van der Waals surface area contributed by atoms with Crippen LogP contribution in [-0.4, -0.2) is 18.4 Å². The molecule has 3 rings (SSSR count). The lowest BCUT2D eigenvalue weighted by Gasteiger charge is -2.20. The van der Waals surface area contributed by atoms with E-state index in [9.17, 15) is 9.59 Å². The van der Waals surface area contributed by atoms with Crippen molar-refractivity contribution in [2.24, 2.45) is 0 Å². The summed E-state index contributed by atoms with van der Waals surface area (Å²) in [6.45, 7) is 1.87. The lowest BCUT2D eigenvalue weighted by molar-refractivity contribution is -0.120. The van der Waals surface area contributed by atoms with E-state index < -0.39 is 0 Å². The predicted molar refractivity (Wildman–Crippen MR) is 112 cm³/mol. The number of halogens is 1. The second-order valence-corrected chi connectivity index (χ2v) is 8.26. The van der Waals surface area contributed by atoms with Crippen molar-refractivity contribution in [3.63, 3.8) is 0 Å². The maximum Gasteiger partial charge on any atom is 0.261 e. The van der Waals surface area contributed by atoms with E-state index in [1.54, 1.807) is 6.07 Å². The minimum atomic E-state index is -0.285. The van der Waals surface area contributed by atoms with E-state index in [-0.39, 0.29) is 24.4 Å². The zero-order valence-electron chi connectivity index (χ0n) is 14.7. The monoisotopic (exact) mass is 442 g/mol. The maximum absolute atomic E-state index is 12.5. The smallest absolute Gasteiger partial charge is 0.261 e. The van der Waals surface area contributed by atoms with Crippen LogP contribution in [0.4, 0.5) is 0 Å². The topological polar surface area (TPSA) is 58.2 Å². The quantitative estimate of drug-likeness (QED) is 0.591. The summed E-state index contributed by atoms with van der Waals surface area (Å²) in [5.41, 5.74) is 1.95. The van der Waals surface area contributed by atoms with Crippen LogP contribution in [0.15, 0.2) is 71.2 Å². The summed E-state index contributed by atoms with van der Waals surface area (Å²) in [6, 6.07) is 20.9. The first kappa shape index (κ1) is 19.3. The third-order valence-electron chi connectivity index (χ3n) is 4.02. The second kappa shape index (κ2) is 8.97. The highest BCUT2D eigenvalue weighted by Gasteiger charge is 2.17. The molecule has 0 radical (unpaired) electrons. The maximum atomic E-state index is 12.5. The van der Waals surface area contributed by atoms with Crippen molar-refractivity contribution >= 4 is 39.1 Å². The Bertz CT molecular complexity index is 923. The van der Waals surface area contributed by atoms with Crippen LogP contribution in [0.25, 0.3) is 0 Å². The molecule has 6 heteroatoms. The largest absolute Gasteiger partial charge is 0.344 e. The standard InChI is InChI=1S/C21H19BrN2O2S/c1-14-7-12-18(27-14)21(26)23-13-19(25)24-20(15-5-3-2-4-6-15)16-8-10-17(22)11-9-16/h2-12,20H,13H2,1H3,(H,23,26)(H,24,25). The van der Waals surface area contributed by atoms with Gasteiger partial charge >= 0.3 is 0 Å². The number of thiophene rings is 1. The zero-order valence-corrected chi connectivity index (χ0v) is 17.1. The molecule has 1 unspecified atom stereocenters. The molecule has 3 aromatic rings. The number of benzene rings is 2. The van der Waals surface area contributed by atoms with Crippen molar-refractivity contribution in [1.82, 2.24) is 10.6 Å². The first-order valence-electron chi connectivity index (χ1n) is 8.47. The molecule has 2 amide bonds. The normalized spacial score (nSPS) is 11.6. The van der Waals surface area contributed by atoms with Crippen LogP contribution in [0.5, 0.6) is 0 Å². The number of amides is 2. The molecular weight excluding hydrogens is 424 g/mol. The molecule has 1 aromatic heterocycles. The number of carbonyl (C=O) groups is 2. The molecule has 0 aliphatic heterocycles. The van der Waals surface area contributed by atoms with Crippen molar-refractivity contribution in [2.45, 2.75) is 13.0 Å². The third-order valence-corrected chi connectivity index (χ3v) is 5.54. The molecular formula is C21H19BrN2O2S. The zero-order chi connectivity index (χ0) is 19.2. The van der Waals surface area contributed by atoms with Gasteiger partial charge in [-0.2, -0.15) is 0 Å². The van der Waals surface area contributed by atoms with Gasteiger partial charge < -0.3 is 10.6 Å². The van der Waals surface area contributed by atoms with Crippen molar-refractivity contribution in [3.8, 4) is 0 Å². The van der Waals surface area contributed by atoms with E-state index in [0.717, 1.165) is 20.5 Å². The lowest BCUT2D eigenvalue weighted by Crippen LogP contribution is -2.38. The van der Waals surface area contributed by atoms with Crippen LogP contribution in [0.3, 0.4) is 0 Å². The summed E-state index contributed by atoms with van der Waals surface area (Å²) < 4.78 is 0.975. The van der Waals surface area contributed by atoms with Crippen LogP contribution in [0.1, 0.15) is 31.7 Å². The minimum Gasteiger partial charge on any atom is -0.344 e. The van der Waals surface area contributed by atoms with E-state index in [0.29, 0.717) is 4.88 Å². The van der Waals surface area contributed by atoms with Crippen molar-refractivity contribution < 1.29 is 9.59 Å². The molecule has 1 heterocycles. The first-order valence-corrected chi connectivity index (χ1v) is 10.1. The third kappa shape index (κ3) is 5.28. The Kier molecular flexibility index (Phi) is 6.42. The number of hydrogen-bond acceptors (Lipinski definition) is 3. The van der Waals surface area contributed by atoms with Gasteiger partial charge in [0.05, 0.1) is 17.5 Å². The van der Waals surface area contributed by atoms with Gasteiger partial charge in [0, 0.05) is 9.35 Å². The predicted octanol–water partition coefficient (Wildman–Crippen LogP) is 4.45. The fraction of sp³-hybridized carbons (Fsp3) is 0.143. The Labute approximate surface area is 170 Å². The average Bonchev–Trinajstić information content (AvgIpc) is 3.12. The number of carbonyl (C=O) groups excluding carboxylic acids is 2. The summed E-state index contributed by atoms with van der Waals surface area (Å²) in [5.74, 6) is -0.475. The number of rotatable bonds is 6. The van der Waals surface area contributed by atoms with Crippen LogP contribution < -0.4 is 10.6 Å². The van der Waals surface area contributed by atoms with Gasteiger partial charge in [0.15, 0.2) is 0 Å². The summed E-state index contributed by atoms with van der Waals surface area (Å²) in [6.07, 6.45) is 0. The van der Waals surface area contributed by atoms with Gasteiger partial charge in [0.1, 0.15) is 0 Å². The van der Waals surface area contributed by atoms with Crippen molar-refractivity contribution in [2.75, 3.05) is 6.54 Å². The Morgan fingerprint density at radius 2 is 1.63 bits per heavy atom. The Balaban J connectivity index is 1.69. The highest BCUT2D eigenvalue weighted by atomic mass is 79.9.